The second-order valence-electron chi connectivity index (χ2n) is 3.86. The summed E-state index contributed by atoms with van der Waals surface area (Å²) >= 11 is 0. The van der Waals surface area contributed by atoms with Gasteiger partial charge in [0.25, 0.3) is 0 Å². The van der Waals surface area contributed by atoms with Gasteiger partial charge in [-0.2, -0.15) is 0 Å². The van der Waals surface area contributed by atoms with Gasteiger partial charge >= 0.3 is 0 Å². The highest BCUT2D eigenvalue weighted by molar-refractivity contribution is 5.78. The fraction of sp³-hybridized carbons (Fsp3) is 0.900. The molecule has 13 heavy (non-hydrogen) atoms. The number of hydrogen-bond acceptors (Lipinski definition) is 2. The van der Waals surface area contributed by atoms with Crippen LogP contribution in [0.3, 0.4) is 0 Å². The minimum Gasteiger partial charge on any atom is -0.352 e. The molecule has 0 aliphatic heterocycles. The summed E-state index contributed by atoms with van der Waals surface area (Å²) in [6.45, 7) is 5.53. The lowest BCUT2D eigenvalue weighted by atomic mass is 10.1. The lowest BCUT2D eigenvalue weighted by Crippen LogP contribution is -2.41. The summed E-state index contributed by atoms with van der Waals surface area (Å²) in [4.78, 5) is 11.3. The fourth-order valence-electron chi connectivity index (χ4n) is 1.86. The van der Waals surface area contributed by atoms with Crippen LogP contribution in [0.4, 0.5) is 0 Å². The first-order valence-electron chi connectivity index (χ1n) is 5.24. The number of hydrogen-bond donors (Lipinski definition) is 2. The maximum absolute atomic E-state index is 11.3. The van der Waals surface area contributed by atoms with Crippen LogP contribution in [0.1, 0.15) is 33.1 Å². The van der Waals surface area contributed by atoms with E-state index in [1.165, 1.54) is 12.8 Å². The Morgan fingerprint density at radius 2 is 2.23 bits per heavy atom. The zero-order valence-electron chi connectivity index (χ0n) is 8.60. The summed E-state index contributed by atoms with van der Waals surface area (Å²) in [5, 5.41) is 6.09. The third-order valence-corrected chi connectivity index (χ3v) is 2.74. The van der Waals surface area contributed by atoms with Crippen molar-refractivity contribution < 1.29 is 4.79 Å². The zero-order valence-corrected chi connectivity index (χ0v) is 8.60. The standard InChI is InChI=1S/C10H20N2O/c1-3-11-7-10(13)12-9-6-4-5-8(9)2/h8-9,11H,3-7H2,1-2H3,(H,12,13). The van der Waals surface area contributed by atoms with E-state index in [-0.39, 0.29) is 5.91 Å². The molecule has 1 rings (SSSR count). The van der Waals surface area contributed by atoms with Crippen LogP contribution in [0.2, 0.25) is 0 Å². The highest BCUT2D eigenvalue weighted by Gasteiger charge is 2.24. The molecule has 0 heterocycles. The van der Waals surface area contributed by atoms with Gasteiger partial charge in [-0.05, 0) is 25.3 Å². The van der Waals surface area contributed by atoms with Crippen LogP contribution < -0.4 is 10.6 Å². The Labute approximate surface area is 80.3 Å². The van der Waals surface area contributed by atoms with E-state index < -0.39 is 0 Å². The van der Waals surface area contributed by atoms with E-state index >= 15 is 0 Å². The Kier molecular flexibility index (Phi) is 4.22. The molecule has 0 bridgehead atoms. The molecule has 3 heteroatoms. The molecule has 0 aromatic heterocycles. The van der Waals surface area contributed by atoms with Crippen molar-refractivity contribution >= 4 is 5.91 Å². The van der Waals surface area contributed by atoms with Gasteiger partial charge in [0, 0.05) is 6.04 Å². The summed E-state index contributed by atoms with van der Waals surface area (Å²) < 4.78 is 0. The first kappa shape index (κ1) is 10.5. The molecular formula is C10H20N2O. The Balaban J connectivity index is 2.19. The molecular weight excluding hydrogens is 164 g/mol. The average Bonchev–Trinajstić information content (AvgIpc) is 2.48. The fourth-order valence-corrected chi connectivity index (χ4v) is 1.86. The average molecular weight is 184 g/mol. The summed E-state index contributed by atoms with van der Waals surface area (Å²) in [6, 6.07) is 0.422. The van der Waals surface area contributed by atoms with Crippen molar-refractivity contribution in [2.75, 3.05) is 13.1 Å². The lowest BCUT2D eigenvalue weighted by Gasteiger charge is -2.17. The van der Waals surface area contributed by atoms with Gasteiger partial charge in [-0.3, -0.25) is 4.79 Å². The molecule has 1 aliphatic carbocycles. The normalized spacial score (nSPS) is 27.5. The van der Waals surface area contributed by atoms with Crippen molar-refractivity contribution in [2.24, 2.45) is 5.92 Å². The highest BCUT2D eigenvalue weighted by atomic mass is 16.1. The van der Waals surface area contributed by atoms with Crippen molar-refractivity contribution in [2.45, 2.75) is 39.2 Å². The predicted molar refractivity (Wildman–Crippen MR) is 53.5 cm³/mol. The Hall–Kier alpha value is -0.570. The van der Waals surface area contributed by atoms with E-state index in [9.17, 15) is 4.79 Å². The van der Waals surface area contributed by atoms with Gasteiger partial charge in [-0.15, -0.1) is 0 Å². The number of carbonyl (C=O) groups is 1. The maximum atomic E-state index is 11.3. The smallest absolute Gasteiger partial charge is 0.234 e. The molecule has 76 valence electrons. The topological polar surface area (TPSA) is 41.1 Å². The maximum Gasteiger partial charge on any atom is 0.234 e. The van der Waals surface area contributed by atoms with Crippen molar-refractivity contribution in [1.29, 1.82) is 0 Å². The van der Waals surface area contributed by atoms with Gasteiger partial charge < -0.3 is 10.6 Å². The molecule has 0 radical (unpaired) electrons. The van der Waals surface area contributed by atoms with Crippen LogP contribution in [0.15, 0.2) is 0 Å². The minimum absolute atomic E-state index is 0.139. The van der Waals surface area contributed by atoms with Crippen LogP contribution in [0.25, 0.3) is 0 Å². The van der Waals surface area contributed by atoms with E-state index in [1.54, 1.807) is 0 Å². The van der Waals surface area contributed by atoms with Gasteiger partial charge in [0.05, 0.1) is 6.54 Å². The number of nitrogens with one attached hydrogen (secondary N) is 2. The first-order chi connectivity index (χ1) is 6.24. The van der Waals surface area contributed by atoms with Crippen LogP contribution in [0.5, 0.6) is 0 Å². The molecule has 0 aromatic rings. The van der Waals surface area contributed by atoms with Gasteiger partial charge in [0.15, 0.2) is 0 Å². The number of amides is 1. The van der Waals surface area contributed by atoms with Crippen LogP contribution >= 0.6 is 0 Å². The van der Waals surface area contributed by atoms with E-state index in [0.29, 0.717) is 18.5 Å². The van der Waals surface area contributed by atoms with E-state index in [4.69, 9.17) is 0 Å². The molecule has 1 aliphatic rings. The Morgan fingerprint density at radius 3 is 2.77 bits per heavy atom. The molecule has 2 unspecified atom stereocenters. The number of likely N-dealkylation sites (N-methyl/N-ethyl adjacent to an activating group) is 1. The Bertz CT molecular complexity index is 170. The lowest BCUT2D eigenvalue weighted by molar-refractivity contribution is -0.121. The van der Waals surface area contributed by atoms with Crippen molar-refractivity contribution in [1.82, 2.24) is 10.6 Å². The largest absolute Gasteiger partial charge is 0.352 e. The van der Waals surface area contributed by atoms with Crippen molar-refractivity contribution in [3.63, 3.8) is 0 Å². The molecule has 2 atom stereocenters. The third-order valence-electron chi connectivity index (χ3n) is 2.74. The van der Waals surface area contributed by atoms with Gasteiger partial charge in [-0.25, -0.2) is 0 Å². The summed E-state index contributed by atoms with van der Waals surface area (Å²) in [7, 11) is 0. The number of rotatable bonds is 4. The predicted octanol–water partition coefficient (Wildman–Crippen LogP) is 0.901. The van der Waals surface area contributed by atoms with Crippen molar-refractivity contribution in [3.05, 3.63) is 0 Å². The second-order valence-corrected chi connectivity index (χ2v) is 3.86. The highest BCUT2D eigenvalue weighted by Crippen LogP contribution is 2.24. The molecule has 1 saturated carbocycles. The monoisotopic (exact) mass is 184 g/mol. The molecule has 0 saturated heterocycles. The van der Waals surface area contributed by atoms with Crippen LogP contribution in [0, 0.1) is 5.92 Å². The summed E-state index contributed by atoms with van der Waals surface area (Å²) in [5.41, 5.74) is 0. The minimum atomic E-state index is 0.139. The van der Waals surface area contributed by atoms with Gasteiger partial charge in [0.1, 0.15) is 0 Å². The van der Waals surface area contributed by atoms with Crippen molar-refractivity contribution in [3.8, 4) is 0 Å². The van der Waals surface area contributed by atoms with Gasteiger partial charge in [-0.1, -0.05) is 20.3 Å². The molecule has 3 nitrogen and oxygen atoms in total. The van der Waals surface area contributed by atoms with E-state index in [2.05, 4.69) is 17.6 Å². The molecule has 0 spiro atoms. The summed E-state index contributed by atoms with van der Waals surface area (Å²) in [5.74, 6) is 0.797. The zero-order chi connectivity index (χ0) is 9.68. The second kappa shape index (κ2) is 5.22. The van der Waals surface area contributed by atoms with Crippen LogP contribution in [-0.2, 0) is 4.79 Å². The van der Waals surface area contributed by atoms with Gasteiger partial charge in [0.2, 0.25) is 5.91 Å². The molecule has 1 amide bonds. The van der Waals surface area contributed by atoms with E-state index in [0.717, 1.165) is 13.0 Å². The summed E-state index contributed by atoms with van der Waals surface area (Å²) in [6.07, 6.45) is 3.67. The number of carbonyl (C=O) groups excluding carboxylic acids is 1. The first-order valence-corrected chi connectivity index (χ1v) is 5.24. The SMILES string of the molecule is CCNCC(=O)NC1CCCC1C. The quantitative estimate of drug-likeness (QED) is 0.681. The van der Waals surface area contributed by atoms with E-state index in [1.807, 2.05) is 6.92 Å². The molecule has 1 fully saturated rings. The Morgan fingerprint density at radius 1 is 1.46 bits per heavy atom. The molecule has 0 aromatic carbocycles. The third kappa shape index (κ3) is 3.35. The van der Waals surface area contributed by atoms with Crippen LogP contribution in [-0.4, -0.2) is 25.0 Å². The molecule has 2 N–H and O–H groups in total.